The Morgan fingerprint density at radius 1 is 1.13 bits per heavy atom. The predicted molar refractivity (Wildman–Crippen MR) is 122 cm³/mol. The summed E-state index contributed by atoms with van der Waals surface area (Å²) < 4.78 is 10.7. The Hall–Kier alpha value is -2.90. The van der Waals surface area contributed by atoms with Gasteiger partial charge in [-0.05, 0) is 30.7 Å². The smallest absolute Gasteiger partial charge is 0.240 e. The van der Waals surface area contributed by atoms with E-state index in [2.05, 4.69) is 34.3 Å². The zero-order valence-electron chi connectivity index (χ0n) is 17.6. The molecule has 1 amide bonds. The molecular weight excluding hydrogens is 398 g/mol. The van der Waals surface area contributed by atoms with Gasteiger partial charge >= 0.3 is 0 Å². The monoisotopic (exact) mass is 425 g/mol. The van der Waals surface area contributed by atoms with Gasteiger partial charge in [-0.3, -0.25) is 9.69 Å². The van der Waals surface area contributed by atoms with Crippen LogP contribution in [0.5, 0.6) is 11.5 Å². The highest BCUT2D eigenvalue weighted by Gasteiger charge is 2.14. The van der Waals surface area contributed by atoms with E-state index in [1.54, 1.807) is 14.2 Å². The zero-order valence-corrected chi connectivity index (χ0v) is 18.4. The summed E-state index contributed by atoms with van der Waals surface area (Å²) in [5.41, 5.74) is 2.88. The molecule has 3 aromatic rings. The van der Waals surface area contributed by atoms with Crippen molar-refractivity contribution in [1.29, 1.82) is 0 Å². The molecule has 0 aliphatic heterocycles. The van der Waals surface area contributed by atoms with E-state index < -0.39 is 0 Å². The highest BCUT2D eigenvalue weighted by molar-refractivity contribution is 7.14. The van der Waals surface area contributed by atoms with Crippen LogP contribution in [0.25, 0.3) is 11.3 Å². The van der Waals surface area contributed by atoms with E-state index in [-0.39, 0.29) is 5.91 Å². The Labute approximate surface area is 181 Å². The largest absolute Gasteiger partial charge is 0.497 e. The first-order valence-electron chi connectivity index (χ1n) is 9.87. The molecule has 1 heterocycles. The van der Waals surface area contributed by atoms with E-state index >= 15 is 0 Å². The standard InChI is InChI=1S/C23H27N3O3S/c1-4-26(13-12-17-8-6-5-7-9-17)15-22(27)25-23-24-20(16-30-23)19-11-10-18(28-2)14-21(19)29-3/h5-11,14,16H,4,12-13,15H2,1-3H3,(H,24,25,27). The molecular formula is C23H27N3O3S. The van der Waals surface area contributed by atoms with Crippen molar-refractivity contribution in [2.24, 2.45) is 0 Å². The highest BCUT2D eigenvalue weighted by atomic mass is 32.1. The van der Waals surface area contributed by atoms with Crippen LogP contribution in [0.1, 0.15) is 12.5 Å². The topological polar surface area (TPSA) is 63.7 Å². The number of likely N-dealkylation sites (N-methyl/N-ethyl adjacent to an activating group) is 1. The highest BCUT2D eigenvalue weighted by Crippen LogP contribution is 2.34. The van der Waals surface area contributed by atoms with Crippen LogP contribution in [0.4, 0.5) is 5.13 Å². The number of carbonyl (C=O) groups is 1. The minimum absolute atomic E-state index is 0.0625. The Morgan fingerprint density at radius 2 is 1.93 bits per heavy atom. The maximum Gasteiger partial charge on any atom is 0.240 e. The second-order valence-electron chi connectivity index (χ2n) is 6.76. The number of hydrogen-bond donors (Lipinski definition) is 1. The summed E-state index contributed by atoms with van der Waals surface area (Å²) in [6.07, 6.45) is 0.917. The molecule has 0 unspecified atom stereocenters. The molecule has 0 saturated carbocycles. The van der Waals surface area contributed by atoms with Crippen molar-refractivity contribution in [1.82, 2.24) is 9.88 Å². The summed E-state index contributed by atoms with van der Waals surface area (Å²) in [7, 11) is 3.23. The van der Waals surface area contributed by atoms with E-state index in [0.29, 0.717) is 17.4 Å². The second kappa shape index (κ2) is 10.8. The second-order valence-corrected chi connectivity index (χ2v) is 7.61. The van der Waals surface area contributed by atoms with E-state index in [1.807, 2.05) is 41.8 Å². The SMILES string of the molecule is CCN(CCc1ccccc1)CC(=O)Nc1nc(-c2ccc(OC)cc2OC)cs1. The van der Waals surface area contributed by atoms with Crippen molar-refractivity contribution in [2.45, 2.75) is 13.3 Å². The number of benzene rings is 2. The summed E-state index contributed by atoms with van der Waals surface area (Å²) in [4.78, 5) is 19.2. The van der Waals surface area contributed by atoms with Crippen LogP contribution < -0.4 is 14.8 Å². The molecule has 1 aromatic heterocycles. The molecule has 30 heavy (non-hydrogen) atoms. The average Bonchev–Trinajstić information content (AvgIpc) is 3.24. The fourth-order valence-electron chi connectivity index (χ4n) is 3.11. The average molecular weight is 426 g/mol. The molecule has 6 nitrogen and oxygen atoms in total. The van der Waals surface area contributed by atoms with Gasteiger partial charge in [-0.15, -0.1) is 11.3 Å². The number of methoxy groups -OCH3 is 2. The summed E-state index contributed by atoms with van der Waals surface area (Å²) in [5.74, 6) is 1.33. The normalized spacial score (nSPS) is 10.8. The Kier molecular flexibility index (Phi) is 7.82. The number of hydrogen-bond acceptors (Lipinski definition) is 6. The van der Waals surface area contributed by atoms with Crippen LogP contribution in [0.3, 0.4) is 0 Å². The number of amides is 1. The first-order chi connectivity index (χ1) is 14.6. The van der Waals surface area contributed by atoms with Crippen molar-refractivity contribution >= 4 is 22.4 Å². The lowest BCUT2D eigenvalue weighted by molar-refractivity contribution is -0.117. The lowest BCUT2D eigenvalue weighted by atomic mass is 10.1. The van der Waals surface area contributed by atoms with Crippen molar-refractivity contribution in [2.75, 3.05) is 39.2 Å². The van der Waals surface area contributed by atoms with Gasteiger partial charge < -0.3 is 14.8 Å². The van der Waals surface area contributed by atoms with Crippen molar-refractivity contribution < 1.29 is 14.3 Å². The number of carbonyl (C=O) groups excluding carboxylic acids is 1. The summed E-state index contributed by atoms with van der Waals surface area (Å²) in [5, 5.41) is 5.40. The van der Waals surface area contributed by atoms with Crippen LogP contribution in [-0.2, 0) is 11.2 Å². The maximum atomic E-state index is 12.5. The summed E-state index contributed by atoms with van der Waals surface area (Å²) in [6.45, 7) is 4.05. The third-order valence-electron chi connectivity index (χ3n) is 4.81. The van der Waals surface area contributed by atoms with Gasteiger partial charge in [0.05, 0.1) is 26.5 Å². The molecule has 0 aliphatic rings. The van der Waals surface area contributed by atoms with Crippen LogP contribution in [0.2, 0.25) is 0 Å². The van der Waals surface area contributed by atoms with Crippen LogP contribution in [-0.4, -0.2) is 49.6 Å². The van der Waals surface area contributed by atoms with E-state index in [4.69, 9.17) is 9.47 Å². The lowest BCUT2D eigenvalue weighted by Crippen LogP contribution is -2.34. The molecule has 0 spiro atoms. The maximum absolute atomic E-state index is 12.5. The zero-order chi connectivity index (χ0) is 21.3. The molecule has 3 rings (SSSR count). The molecule has 0 radical (unpaired) electrons. The van der Waals surface area contributed by atoms with E-state index in [0.717, 1.165) is 36.5 Å². The number of nitrogens with zero attached hydrogens (tertiary/aromatic N) is 2. The predicted octanol–water partition coefficient (Wildman–Crippen LogP) is 4.33. The van der Waals surface area contributed by atoms with Gasteiger partial charge in [0.2, 0.25) is 5.91 Å². The van der Waals surface area contributed by atoms with Crippen LogP contribution in [0, 0.1) is 0 Å². The van der Waals surface area contributed by atoms with Gasteiger partial charge in [0.25, 0.3) is 0 Å². The van der Waals surface area contributed by atoms with Gasteiger partial charge in [-0.2, -0.15) is 0 Å². The molecule has 0 aliphatic carbocycles. The lowest BCUT2D eigenvalue weighted by Gasteiger charge is -2.19. The number of thiazole rings is 1. The third kappa shape index (κ3) is 5.81. The number of aromatic nitrogens is 1. The van der Waals surface area contributed by atoms with Gasteiger partial charge in [0.1, 0.15) is 11.5 Å². The van der Waals surface area contributed by atoms with Crippen molar-refractivity contribution in [3.8, 4) is 22.8 Å². The fraction of sp³-hybridized carbons (Fsp3) is 0.304. The summed E-state index contributed by atoms with van der Waals surface area (Å²) >= 11 is 1.40. The van der Waals surface area contributed by atoms with E-state index in [1.165, 1.54) is 16.9 Å². The van der Waals surface area contributed by atoms with Gasteiger partial charge in [-0.1, -0.05) is 37.3 Å². The van der Waals surface area contributed by atoms with Crippen molar-refractivity contribution in [3.05, 3.63) is 59.5 Å². The van der Waals surface area contributed by atoms with Crippen LogP contribution >= 0.6 is 11.3 Å². The molecule has 7 heteroatoms. The molecule has 0 atom stereocenters. The van der Waals surface area contributed by atoms with E-state index in [9.17, 15) is 4.79 Å². The number of anilines is 1. The van der Waals surface area contributed by atoms with Crippen LogP contribution in [0.15, 0.2) is 53.9 Å². The molecule has 2 aromatic carbocycles. The minimum Gasteiger partial charge on any atom is -0.497 e. The first kappa shape index (κ1) is 21.8. The number of rotatable bonds is 10. The van der Waals surface area contributed by atoms with Crippen molar-refractivity contribution in [3.63, 3.8) is 0 Å². The van der Waals surface area contributed by atoms with Gasteiger partial charge in [-0.25, -0.2) is 4.98 Å². The Morgan fingerprint density at radius 3 is 2.63 bits per heavy atom. The fourth-order valence-corrected chi connectivity index (χ4v) is 3.83. The summed E-state index contributed by atoms with van der Waals surface area (Å²) in [6, 6.07) is 15.9. The van der Waals surface area contributed by atoms with Gasteiger partial charge in [0.15, 0.2) is 5.13 Å². The third-order valence-corrected chi connectivity index (χ3v) is 5.57. The number of ether oxygens (including phenoxy) is 2. The molecule has 1 N–H and O–H groups in total. The Balaban J connectivity index is 1.59. The minimum atomic E-state index is -0.0625. The molecule has 0 saturated heterocycles. The molecule has 0 fully saturated rings. The first-order valence-corrected chi connectivity index (χ1v) is 10.7. The number of nitrogens with one attached hydrogen (secondary N) is 1. The Bertz CT molecular complexity index is 959. The molecule has 158 valence electrons. The quantitative estimate of drug-likeness (QED) is 0.524. The molecule has 0 bridgehead atoms. The van der Waals surface area contributed by atoms with Gasteiger partial charge in [0, 0.05) is 23.6 Å².